The zero-order chi connectivity index (χ0) is 16.6. The van der Waals surface area contributed by atoms with Crippen molar-refractivity contribution in [2.45, 2.75) is 6.18 Å². The molecule has 0 amide bonds. The first-order valence-electron chi connectivity index (χ1n) is 6.57. The van der Waals surface area contributed by atoms with Crippen LogP contribution in [0.4, 0.5) is 13.2 Å². The molecule has 0 saturated carbocycles. The Balaban J connectivity index is 2.18. The summed E-state index contributed by atoms with van der Waals surface area (Å²) in [6, 6.07) is 13.2. The SMILES string of the molecule is Oc1ccc(-n2nc(C(F)(F)F)cc2-c2ccc(Cl)cc2)cc1. The van der Waals surface area contributed by atoms with Crippen LogP contribution in [0.25, 0.3) is 16.9 Å². The van der Waals surface area contributed by atoms with Crippen LogP contribution in [-0.2, 0) is 6.18 Å². The minimum absolute atomic E-state index is 0.0185. The van der Waals surface area contributed by atoms with E-state index in [0.717, 1.165) is 6.07 Å². The van der Waals surface area contributed by atoms with Crippen molar-refractivity contribution in [3.63, 3.8) is 0 Å². The highest BCUT2D eigenvalue weighted by Crippen LogP contribution is 2.33. The van der Waals surface area contributed by atoms with Gasteiger partial charge in [0, 0.05) is 10.6 Å². The number of hydrogen-bond acceptors (Lipinski definition) is 2. The first kappa shape index (κ1) is 15.4. The Morgan fingerprint density at radius 3 is 2.13 bits per heavy atom. The molecule has 1 aromatic heterocycles. The standard InChI is InChI=1S/C16H10ClF3N2O/c17-11-3-1-10(2-4-11)14-9-15(16(18,19)20)21-22(14)12-5-7-13(23)8-6-12/h1-9,23H. The van der Waals surface area contributed by atoms with Gasteiger partial charge < -0.3 is 5.11 Å². The van der Waals surface area contributed by atoms with E-state index in [4.69, 9.17) is 11.6 Å². The maximum absolute atomic E-state index is 13.0. The van der Waals surface area contributed by atoms with E-state index < -0.39 is 11.9 Å². The summed E-state index contributed by atoms with van der Waals surface area (Å²) >= 11 is 5.82. The Hall–Kier alpha value is -2.47. The molecule has 0 radical (unpaired) electrons. The summed E-state index contributed by atoms with van der Waals surface area (Å²) in [6.45, 7) is 0. The smallest absolute Gasteiger partial charge is 0.435 e. The van der Waals surface area contributed by atoms with Crippen molar-refractivity contribution >= 4 is 11.6 Å². The van der Waals surface area contributed by atoms with E-state index in [1.807, 2.05) is 0 Å². The molecule has 0 bridgehead atoms. The molecular formula is C16H10ClF3N2O. The van der Waals surface area contributed by atoms with Gasteiger partial charge >= 0.3 is 6.18 Å². The average Bonchev–Trinajstić information content (AvgIpc) is 2.94. The highest BCUT2D eigenvalue weighted by Gasteiger charge is 2.35. The number of rotatable bonds is 2. The van der Waals surface area contributed by atoms with Crippen molar-refractivity contribution in [3.05, 3.63) is 65.3 Å². The fraction of sp³-hybridized carbons (Fsp3) is 0.0625. The van der Waals surface area contributed by atoms with Gasteiger partial charge in [-0.3, -0.25) is 0 Å². The number of benzene rings is 2. The van der Waals surface area contributed by atoms with Gasteiger partial charge in [0.05, 0.1) is 11.4 Å². The second-order valence-electron chi connectivity index (χ2n) is 4.85. The third-order valence-electron chi connectivity index (χ3n) is 3.23. The summed E-state index contributed by atoms with van der Waals surface area (Å²) in [4.78, 5) is 0. The molecule has 0 atom stereocenters. The van der Waals surface area contributed by atoms with Crippen LogP contribution < -0.4 is 0 Å². The molecule has 3 nitrogen and oxygen atoms in total. The summed E-state index contributed by atoms with van der Waals surface area (Å²) in [6.07, 6.45) is -4.55. The number of phenols is 1. The van der Waals surface area contributed by atoms with E-state index in [9.17, 15) is 18.3 Å². The molecule has 1 N–H and O–H groups in total. The topological polar surface area (TPSA) is 38.0 Å². The Labute approximate surface area is 134 Å². The van der Waals surface area contributed by atoms with Gasteiger partial charge in [0.15, 0.2) is 5.69 Å². The number of alkyl halides is 3. The summed E-state index contributed by atoms with van der Waals surface area (Å²) < 4.78 is 40.2. The molecule has 0 saturated heterocycles. The van der Waals surface area contributed by atoms with Crippen molar-refractivity contribution in [1.29, 1.82) is 0 Å². The fourth-order valence-electron chi connectivity index (χ4n) is 2.14. The Kier molecular flexibility index (Phi) is 3.77. The Bertz CT molecular complexity index is 761. The average molecular weight is 339 g/mol. The lowest BCUT2D eigenvalue weighted by molar-refractivity contribution is -0.141. The van der Waals surface area contributed by atoms with Gasteiger partial charge in [-0.25, -0.2) is 4.68 Å². The van der Waals surface area contributed by atoms with Crippen molar-refractivity contribution in [2.75, 3.05) is 0 Å². The van der Waals surface area contributed by atoms with Gasteiger partial charge in [-0.15, -0.1) is 0 Å². The number of aromatic hydroxyl groups is 1. The molecule has 2 aromatic carbocycles. The fourth-order valence-corrected chi connectivity index (χ4v) is 2.26. The maximum atomic E-state index is 13.0. The zero-order valence-electron chi connectivity index (χ0n) is 11.5. The molecule has 0 aliphatic heterocycles. The monoisotopic (exact) mass is 338 g/mol. The normalized spacial score (nSPS) is 11.7. The van der Waals surface area contributed by atoms with Gasteiger partial charge in [-0.2, -0.15) is 18.3 Å². The Morgan fingerprint density at radius 2 is 1.57 bits per heavy atom. The highest BCUT2D eigenvalue weighted by atomic mass is 35.5. The van der Waals surface area contributed by atoms with Crippen LogP contribution in [0.1, 0.15) is 5.69 Å². The summed E-state index contributed by atoms with van der Waals surface area (Å²) in [7, 11) is 0. The lowest BCUT2D eigenvalue weighted by atomic mass is 10.1. The van der Waals surface area contributed by atoms with Crippen LogP contribution in [0.2, 0.25) is 5.02 Å². The van der Waals surface area contributed by atoms with Gasteiger partial charge in [0.2, 0.25) is 0 Å². The van der Waals surface area contributed by atoms with Crippen LogP contribution in [0.15, 0.2) is 54.6 Å². The van der Waals surface area contributed by atoms with Gasteiger partial charge in [-0.05, 0) is 42.5 Å². The number of hydrogen-bond donors (Lipinski definition) is 1. The van der Waals surface area contributed by atoms with E-state index in [0.29, 0.717) is 16.3 Å². The third-order valence-corrected chi connectivity index (χ3v) is 3.49. The quantitative estimate of drug-likeness (QED) is 0.720. The van der Waals surface area contributed by atoms with E-state index in [2.05, 4.69) is 5.10 Å². The lowest BCUT2D eigenvalue weighted by Gasteiger charge is -2.08. The molecule has 118 valence electrons. The molecule has 7 heteroatoms. The first-order chi connectivity index (χ1) is 10.8. The molecule has 3 aromatic rings. The third kappa shape index (κ3) is 3.17. The minimum atomic E-state index is -4.55. The van der Waals surface area contributed by atoms with E-state index in [-0.39, 0.29) is 11.4 Å². The van der Waals surface area contributed by atoms with Crippen molar-refractivity contribution in [1.82, 2.24) is 9.78 Å². The molecule has 0 aliphatic carbocycles. The minimum Gasteiger partial charge on any atom is -0.508 e. The molecule has 0 spiro atoms. The van der Waals surface area contributed by atoms with Gasteiger partial charge in [0.25, 0.3) is 0 Å². The summed E-state index contributed by atoms with van der Waals surface area (Å²) in [5, 5.41) is 13.5. The molecule has 1 heterocycles. The second-order valence-corrected chi connectivity index (χ2v) is 5.28. The second kappa shape index (κ2) is 5.62. The number of halogens is 4. The van der Waals surface area contributed by atoms with Crippen LogP contribution >= 0.6 is 11.6 Å². The van der Waals surface area contributed by atoms with Crippen LogP contribution in [0.5, 0.6) is 5.75 Å². The number of phenolic OH excluding ortho intramolecular Hbond substituents is 1. The van der Waals surface area contributed by atoms with Crippen molar-refractivity contribution in [3.8, 4) is 22.7 Å². The molecule has 3 rings (SSSR count). The van der Waals surface area contributed by atoms with E-state index in [1.54, 1.807) is 24.3 Å². The molecule has 0 fully saturated rings. The first-order valence-corrected chi connectivity index (χ1v) is 6.95. The predicted octanol–water partition coefficient (Wildman–Crippen LogP) is 4.92. The van der Waals surface area contributed by atoms with Crippen LogP contribution in [0.3, 0.4) is 0 Å². The van der Waals surface area contributed by atoms with Gasteiger partial charge in [0.1, 0.15) is 5.75 Å². The van der Waals surface area contributed by atoms with Crippen molar-refractivity contribution < 1.29 is 18.3 Å². The maximum Gasteiger partial charge on any atom is 0.435 e. The van der Waals surface area contributed by atoms with Crippen LogP contribution in [0, 0.1) is 0 Å². The molecular weight excluding hydrogens is 329 g/mol. The number of aromatic nitrogens is 2. The zero-order valence-corrected chi connectivity index (χ0v) is 12.3. The largest absolute Gasteiger partial charge is 0.508 e. The predicted molar refractivity (Wildman–Crippen MR) is 80.7 cm³/mol. The lowest BCUT2D eigenvalue weighted by Crippen LogP contribution is -2.07. The Morgan fingerprint density at radius 1 is 0.957 bits per heavy atom. The van der Waals surface area contributed by atoms with E-state index >= 15 is 0 Å². The van der Waals surface area contributed by atoms with Gasteiger partial charge in [-0.1, -0.05) is 23.7 Å². The molecule has 0 unspecified atom stereocenters. The molecule has 23 heavy (non-hydrogen) atoms. The van der Waals surface area contributed by atoms with E-state index in [1.165, 1.54) is 28.9 Å². The summed E-state index contributed by atoms with van der Waals surface area (Å²) in [5.41, 5.74) is 0.240. The summed E-state index contributed by atoms with van der Waals surface area (Å²) in [5.74, 6) is 0.0185. The van der Waals surface area contributed by atoms with Crippen molar-refractivity contribution in [2.24, 2.45) is 0 Å². The number of nitrogens with zero attached hydrogens (tertiary/aromatic N) is 2. The van der Waals surface area contributed by atoms with Crippen LogP contribution in [-0.4, -0.2) is 14.9 Å². The molecule has 0 aliphatic rings. The highest BCUT2D eigenvalue weighted by molar-refractivity contribution is 6.30.